The van der Waals surface area contributed by atoms with Gasteiger partial charge in [-0.15, -0.1) is 10.2 Å². The Kier molecular flexibility index (Phi) is 6.45. The minimum Gasteiger partial charge on any atom is -0.359 e. The number of hydrogen-bond acceptors (Lipinski definition) is 7. The maximum atomic E-state index is 14.1. The highest BCUT2D eigenvalue weighted by molar-refractivity contribution is 7.18. The lowest BCUT2D eigenvalue weighted by Gasteiger charge is -2.13. The quantitative estimate of drug-likeness (QED) is 0.308. The molecule has 0 aliphatic heterocycles. The summed E-state index contributed by atoms with van der Waals surface area (Å²) >= 11 is 0.886. The predicted octanol–water partition coefficient (Wildman–Crippen LogP) is 4.39. The van der Waals surface area contributed by atoms with Crippen LogP contribution in [0.3, 0.4) is 0 Å². The minimum absolute atomic E-state index is 0.00473. The van der Waals surface area contributed by atoms with Crippen LogP contribution in [0.5, 0.6) is 0 Å². The zero-order valence-electron chi connectivity index (χ0n) is 15.5. The van der Waals surface area contributed by atoms with E-state index in [0.29, 0.717) is 24.1 Å². The Morgan fingerprint density at radius 3 is 2.42 bits per heavy atom. The van der Waals surface area contributed by atoms with Gasteiger partial charge >= 0.3 is 11.9 Å². The lowest BCUT2D eigenvalue weighted by atomic mass is 10.0. The molecule has 0 fully saturated rings. The number of nitrogens with one attached hydrogen (secondary N) is 1. The first-order chi connectivity index (χ1) is 14.5. The van der Waals surface area contributed by atoms with Gasteiger partial charge in [0.1, 0.15) is 5.82 Å². The molecule has 1 aromatic heterocycles. The number of anilines is 1. The average molecular weight is 459 g/mol. The Hall–Kier alpha value is -3.19. The molecule has 0 bridgehead atoms. The number of rotatable bonds is 7. The zero-order valence-corrected chi connectivity index (χ0v) is 16.3. The van der Waals surface area contributed by atoms with Crippen molar-refractivity contribution in [2.45, 2.75) is 18.6 Å². The molecule has 164 valence electrons. The van der Waals surface area contributed by atoms with E-state index in [1.165, 1.54) is 12.1 Å². The Labute approximate surface area is 175 Å². The van der Waals surface area contributed by atoms with Crippen LogP contribution in [0.2, 0.25) is 0 Å². The molecular weight excluding hydrogens is 445 g/mol. The lowest BCUT2D eigenvalue weighted by molar-refractivity contribution is -0.387. The van der Waals surface area contributed by atoms with Crippen molar-refractivity contribution in [3.63, 3.8) is 0 Å². The van der Waals surface area contributed by atoms with Crippen molar-refractivity contribution < 1.29 is 26.9 Å². The Balaban J connectivity index is 1.61. The molecule has 0 aliphatic carbocycles. The van der Waals surface area contributed by atoms with Gasteiger partial charge in [-0.1, -0.05) is 23.5 Å². The first-order valence-corrected chi connectivity index (χ1v) is 9.49. The summed E-state index contributed by atoms with van der Waals surface area (Å²) in [7, 11) is 0. The fourth-order valence-corrected chi connectivity index (χ4v) is 3.44. The fourth-order valence-electron chi connectivity index (χ4n) is 2.67. The molecule has 0 spiro atoms. The maximum absolute atomic E-state index is 14.1. The van der Waals surface area contributed by atoms with E-state index in [-0.39, 0.29) is 22.2 Å². The highest BCUT2D eigenvalue weighted by atomic mass is 32.1. The summed E-state index contributed by atoms with van der Waals surface area (Å²) in [4.78, 5) is 9.63. The van der Waals surface area contributed by atoms with E-state index in [2.05, 4.69) is 15.5 Å². The second kappa shape index (κ2) is 8.89. The smallest absolute Gasteiger partial charge is 0.359 e. The topological polar surface area (TPSA) is 107 Å². The molecule has 3 N–H and O–H groups in total. The molecule has 1 heterocycles. The highest BCUT2D eigenvalue weighted by Crippen LogP contribution is 2.32. The van der Waals surface area contributed by atoms with Gasteiger partial charge in [-0.05, 0) is 30.2 Å². The van der Waals surface area contributed by atoms with Crippen LogP contribution in [0.4, 0.5) is 32.8 Å². The van der Waals surface area contributed by atoms with Crippen molar-refractivity contribution in [1.82, 2.24) is 10.2 Å². The maximum Gasteiger partial charge on any atom is 0.416 e. The number of aromatic nitrogens is 2. The Bertz CT molecular complexity index is 1090. The molecule has 3 rings (SSSR count). The first kappa shape index (κ1) is 22.5. The SMILES string of the molecule is NC(CNc1nnc(-c2cc(F)c([N+](=O)[O-])cc2F)s1)Cc1ccc(C(F)(F)F)cc1. The third kappa shape index (κ3) is 5.49. The number of nitrogens with zero attached hydrogens (tertiary/aromatic N) is 3. The van der Waals surface area contributed by atoms with Gasteiger partial charge < -0.3 is 11.1 Å². The first-order valence-electron chi connectivity index (χ1n) is 8.67. The van der Waals surface area contributed by atoms with Gasteiger partial charge in [0.05, 0.1) is 22.1 Å². The molecule has 0 saturated carbocycles. The molecule has 0 saturated heterocycles. The molecule has 31 heavy (non-hydrogen) atoms. The minimum atomic E-state index is -4.41. The van der Waals surface area contributed by atoms with Crippen molar-refractivity contribution >= 4 is 22.2 Å². The Morgan fingerprint density at radius 2 is 1.81 bits per heavy atom. The molecule has 0 radical (unpaired) electrons. The van der Waals surface area contributed by atoms with E-state index in [1.54, 1.807) is 0 Å². The summed E-state index contributed by atoms with van der Waals surface area (Å²) in [5.74, 6) is -2.22. The average Bonchev–Trinajstić information content (AvgIpc) is 3.16. The number of nitro benzene ring substituents is 1. The van der Waals surface area contributed by atoms with Gasteiger partial charge in [0.15, 0.2) is 5.01 Å². The Morgan fingerprint density at radius 1 is 1.13 bits per heavy atom. The van der Waals surface area contributed by atoms with Crippen LogP contribution in [-0.4, -0.2) is 27.7 Å². The van der Waals surface area contributed by atoms with Crippen LogP contribution < -0.4 is 11.1 Å². The number of halogens is 5. The van der Waals surface area contributed by atoms with Crippen molar-refractivity contribution in [1.29, 1.82) is 0 Å². The van der Waals surface area contributed by atoms with E-state index >= 15 is 0 Å². The van der Waals surface area contributed by atoms with Crippen LogP contribution in [0.25, 0.3) is 10.6 Å². The molecular formula is C18H14F5N5O2S. The number of alkyl halides is 3. The standard InChI is InChI=1S/C18H14F5N5O2S/c19-13-7-15(28(29)30)14(20)6-12(13)16-26-27-17(31-16)25-8-11(24)5-9-1-3-10(4-2-9)18(21,22)23/h1-4,6-7,11H,5,8,24H2,(H,25,27). The molecule has 13 heteroatoms. The molecule has 0 amide bonds. The summed E-state index contributed by atoms with van der Waals surface area (Å²) in [6, 6.07) is 5.31. The van der Waals surface area contributed by atoms with Crippen LogP contribution in [0, 0.1) is 21.7 Å². The molecule has 3 aromatic rings. The van der Waals surface area contributed by atoms with Gasteiger partial charge in [0.25, 0.3) is 0 Å². The summed E-state index contributed by atoms with van der Waals surface area (Å²) in [5.41, 5.74) is 4.58. The zero-order chi connectivity index (χ0) is 22.8. The number of nitrogens with two attached hydrogens (primary N) is 1. The number of nitro groups is 1. The third-order valence-corrected chi connectivity index (χ3v) is 5.10. The number of benzene rings is 2. The fraction of sp³-hybridized carbons (Fsp3) is 0.222. The predicted molar refractivity (Wildman–Crippen MR) is 104 cm³/mol. The van der Waals surface area contributed by atoms with Crippen molar-refractivity contribution in [3.05, 3.63) is 69.3 Å². The molecule has 0 aliphatic rings. The molecule has 7 nitrogen and oxygen atoms in total. The van der Waals surface area contributed by atoms with Crippen molar-refractivity contribution in [2.24, 2.45) is 5.73 Å². The summed E-state index contributed by atoms with van der Waals surface area (Å²) < 4.78 is 65.7. The lowest BCUT2D eigenvalue weighted by Crippen LogP contribution is -2.31. The van der Waals surface area contributed by atoms with E-state index in [4.69, 9.17) is 5.73 Å². The molecule has 2 aromatic carbocycles. The molecule has 1 atom stereocenters. The van der Waals surface area contributed by atoms with E-state index in [9.17, 15) is 32.1 Å². The largest absolute Gasteiger partial charge is 0.416 e. The van der Waals surface area contributed by atoms with Gasteiger partial charge in [0, 0.05) is 12.6 Å². The van der Waals surface area contributed by atoms with Crippen LogP contribution in [0.1, 0.15) is 11.1 Å². The monoisotopic (exact) mass is 459 g/mol. The van der Waals surface area contributed by atoms with Crippen molar-refractivity contribution in [3.8, 4) is 10.6 Å². The second-order valence-corrected chi connectivity index (χ2v) is 7.47. The second-order valence-electron chi connectivity index (χ2n) is 6.49. The van der Waals surface area contributed by atoms with Crippen molar-refractivity contribution in [2.75, 3.05) is 11.9 Å². The number of hydrogen-bond donors (Lipinski definition) is 2. The summed E-state index contributed by atoms with van der Waals surface area (Å²) in [6.45, 7) is 0.187. The van der Waals surface area contributed by atoms with E-state index in [0.717, 1.165) is 23.5 Å². The van der Waals surface area contributed by atoms with Crippen LogP contribution in [-0.2, 0) is 12.6 Å². The normalized spacial score (nSPS) is 12.6. The third-order valence-electron chi connectivity index (χ3n) is 4.18. The molecule has 1 unspecified atom stereocenters. The van der Waals surface area contributed by atoms with Gasteiger partial charge in [-0.25, -0.2) is 4.39 Å². The summed E-state index contributed by atoms with van der Waals surface area (Å²) in [5, 5.41) is 21.3. The van der Waals surface area contributed by atoms with Gasteiger partial charge in [-0.2, -0.15) is 17.6 Å². The van der Waals surface area contributed by atoms with E-state index in [1.807, 2.05) is 0 Å². The summed E-state index contributed by atoms with van der Waals surface area (Å²) in [6.07, 6.45) is -4.12. The van der Waals surface area contributed by atoms with Crippen LogP contribution in [0.15, 0.2) is 36.4 Å². The highest BCUT2D eigenvalue weighted by Gasteiger charge is 2.30. The van der Waals surface area contributed by atoms with Gasteiger partial charge in [0.2, 0.25) is 10.9 Å². The van der Waals surface area contributed by atoms with Gasteiger partial charge in [-0.3, -0.25) is 10.1 Å². The van der Waals surface area contributed by atoms with Crippen LogP contribution >= 0.6 is 11.3 Å². The van der Waals surface area contributed by atoms with E-state index < -0.39 is 40.0 Å².